The van der Waals surface area contributed by atoms with Crippen LogP contribution < -0.4 is 0 Å². The normalized spacial score (nSPS) is 19.9. The highest BCUT2D eigenvalue weighted by Gasteiger charge is 2.31. The van der Waals surface area contributed by atoms with Crippen molar-refractivity contribution in [2.75, 3.05) is 13.1 Å². The molecule has 1 aromatic carbocycles. The van der Waals surface area contributed by atoms with Crippen molar-refractivity contribution in [3.05, 3.63) is 47.2 Å². The molecule has 1 atom stereocenters. The number of pyridine rings is 1. The van der Waals surface area contributed by atoms with Crippen molar-refractivity contribution in [3.63, 3.8) is 0 Å². The topological polar surface area (TPSA) is 59.2 Å². The fourth-order valence-corrected chi connectivity index (χ4v) is 4.18. The summed E-state index contributed by atoms with van der Waals surface area (Å²) < 4.78 is 5.62. The van der Waals surface area contributed by atoms with Crippen molar-refractivity contribution in [1.82, 2.24) is 15.0 Å². The number of amides is 1. The molecule has 0 N–H and O–H groups in total. The van der Waals surface area contributed by atoms with Crippen LogP contribution in [0.5, 0.6) is 0 Å². The minimum atomic E-state index is 0.0809. The second-order valence-corrected chi connectivity index (χ2v) is 8.44. The highest BCUT2D eigenvalue weighted by atomic mass is 16.5. The maximum Gasteiger partial charge on any atom is 0.259 e. The quantitative estimate of drug-likeness (QED) is 0.650. The number of fused-ring (bicyclic) bond motifs is 1. The summed E-state index contributed by atoms with van der Waals surface area (Å²) in [6.45, 7) is 5.90. The third-order valence-corrected chi connectivity index (χ3v) is 5.96. The summed E-state index contributed by atoms with van der Waals surface area (Å²) in [5.74, 6) is 1.07. The lowest BCUT2D eigenvalue weighted by atomic mass is 9.98. The minimum absolute atomic E-state index is 0.0809. The monoisotopic (exact) mass is 375 g/mol. The number of benzene rings is 1. The maximum atomic E-state index is 13.5. The van der Waals surface area contributed by atoms with E-state index in [4.69, 9.17) is 9.51 Å². The SMILES string of the molecule is Cc1ccc(-c2noc3nc(C4CC4)cc(C(=O)N4CCCC(C)C4)c23)cc1. The Morgan fingerprint density at radius 1 is 1.18 bits per heavy atom. The Kier molecular flexibility index (Phi) is 4.18. The number of hydrogen-bond acceptors (Lipinski definition) is 4. The second-order valence-electron chi connectivity index (χ2n) is 8.44. The second kappa shape index (κ2) is 6.73. The van der Waals surface area contributed by atoms with Crippen LogP contribution in [0.1, 0.15) is 60.1 Å². The Balaban J connectivity index is 1.65. The fourth-order valence-electron chi connectivity index (χ4n) is 4.18. The number of carbonyl (C=O) groups is 1. The van der Waals surface area contributed by atoms with Crippen LogP contribution in [0.2, 0.25) is 0 Å². The van der Waals surface area contributed by atoms with Crippen LogP contribution in [0, 0.1) is 12.8 Å². The van der Waals surface area contributed by atoms with Gasteiger partial charge in [-0.25, -0.2) is 4.98 Å². The van der Waals surface area contributed by atoms with Gasteiger partial charge in [0.25, 0.3) is 11.6 Å². The van der Waals surface area contributed by atoms with E-state index < -0.39 is 0 Å². The lowest BCUT2D eigenvalue weighted by molar-refractivity contribution is 0.0685. The number of piperidine rings is 1. The smallest absolute Gasteiger partial charge is 0.259 e. The molecule has 1 aliphatic carbocycles. The first kappa shape index (κ1) is 17.4. The largest absolute Gasteiger partial charge is 0.338 e. The molecule has 1 saturated heterocycles. The Morgan fingerprint density at radius 3 is 2.68 bits per heavy atom. The zero-order chi connectivity index (χ0) is 19.3. The average molecular weight is 375 g/mol. The van der Waals surface area contributed by atoms with Crippen molar-refractivity contribution in [2.45, 2.75) is 45.4 Å². The molecular formula is C23H25N3O2. The van der Waals surface area contributed by atoms with Crippen LogP contribution in [-0.4, -0.2) is 34.0 Å². The van der Waals surface area contributed by atoms with Gasteiger partial charge in [-0.1, -0.05) is 41.9 Å². The van der Waals surface area contributed by atoms with Crippen molar-refractivity contribution >= 4 is 17.0 Å². The molecule has 3 aromatic rings. The lowest BCUT2D eigenvalue weighted by Gasteiger charge is -2.31. The van der Waals surface area contributed by atoms with E-state index in [1.165, 1.54) is 12.0 Å². The van der Waals surface area contributed by atoms with Gasteiger partial charge in [-0.15, -0.1) is 0 Å². The number of nitrogens with zero attached hydrogens (tertiary/aromatic N) is 3. The summed E-state index contributed by atoms with van der Waals surface area (Å²) in [6.07, 6.45) is 4.51. The van der Waals surface area contributed by atoms with E-state index in [-0.39, 0.29) is 5.91 Å². The molecule has 0 bridgehead atoms. The molecule has 2 fully saturated rings. The molecule has 3 heterocycles. The van der Waals surface area contributed by atoms with Gasteiger partial charge in [-0.2, -0.15) is 0 Å². The Hall–Kier alpha value is -2.69. The predicted octanol–water partition coefficient (Wildman–Crippen LogP) is 4.95. The van der Waals surface area contributed by atoms with Gasteiger partial charge in [0.05, 0.1) is 10.9 Å². The van der Waals surface area contributed by atoms with Gasteiger partial charge in [0.2, 0.25) is 0 Å². The van der Waals surface area contributed by atoms with E-state index in [0.717, 1.165) is 49.0 Å². The minimum Gasteiger partial charge on any atom is -0.338 e. The Labute approximate surface area is 164 Å². The predicted molar refractivity (Wildman–Crippen MR) is 108 cm³/mol. The molecule has 1 amide bonds. The molecule has 28 heavy (non-hydrogen) atoms. The van der Waals surface area contributed by atoms with E-state index in [1.54, 1.807) is 0 Å². The molecule has 1 aliphatic heterocycles. The van der Waals surface area contributed by atoms with E-state index in [2.05, 4.69) is 31.1 Å². The van der Waals surface area contributed by atoms with Crippen LogP contribution in [-0.2, 0) is 0 Å². The third kappa shape index (κ3) is 3.09. The number of hydrogen-bond donors (Lipinski definition) is 0. The number of rotatable bonds is 3. The molecular weight excluding hydrogens is 350 g/mol. The number of aromatic nitrogens is 2. The van der Waals surface area contributed by atoms with Crippen molar-refractivity contribution in [1.29, 1.82) is 0 Å². The lowest BCUT2D eigenvalue weighted by Crippen LogP contribution is -2.39. The maximum absolute atomic E-state index is 13.5. The Morgan fingerprint density at radius 2 is 1.96 bits per heavy atom. The third-order valence-electron chi connectivity index (χ3n) is 5.96. The summed E-state index contributed by atoms with van der Waals surface area (Å²) in [5.41, 5.74) is 4.98. The van der Waals surface area contributed by atoms with Crippen LogP contribution in [0.25, 0.3) is 22.4 Å². The molecule has 5 heteroatoms. The van der Waals surface area contributed by atoms with Crippen LogP contribution in [0.4, 0.5) is 0 Å². The van der Waals surface area contributed by atoms with Gasteiger partial charge >= 0.3 is 0 Å². The van der Waals surface area contributed by atoms with E-state index in [1.807, 2.05) is 23.1 Å². The van der Waals surface area contributed by atoms with Crippen molar-refractivity contribution in [2.24, 2.45) is 5.92 Å². The van der Waals surface area contributed by atoms with E-state index in [9.17, 15) is 4.79 Å². The molecule has 2 aliphatic rings. The van der Waals surface area contributed by atoms with Gasteiger partial charge in [0.1, 0.15) is 5.69 Å². The molecule has 144 valence electrons. The van der Waals surface area contributed by atoms with Gasteiger partial charge in [-0.05, 0) is 44.6 Å². The number of likely N-dealkylation sites (tertiary alicyclic amines) is 1. The average Bonchev–Trinajstić information content (AvgIpc) is 3.47. The van der Waals surface area contributed by atoms with Gasteiger partial charge < -0.3 is 9.42 Å². The van der Waals surface area contributed by atoms with Gasteiger partial charge in [0, 0.05) is 30.3 Å². The van der Waals surface area contributed by atoms with Crippen molar-refractivity contribution in [3.8, 4) is 11.3 Å². The van der Waals surface area contributed by atoms with Crippen molar-refractivity contribution < 1.29 is 9.32 Å². The molecule has 1 unspecified atom stereocenters. The summed E-state index contributed by atoms with van der Waals surface area (Å²) in [6, 6.07) is 10.2. The van der Waals surface area contributed by atoms with Gasteiger partial charge in [0.15, 0.2) is 0 Å². The highest BCUT2D eigenvalue weighted by Crippen LogP contribution is 2.41. The van der Waals surface area contributed by atoms with Gasteiger partial charge in [-0.3, -0.25) is 4.79 Å². The first-order valence-electron chi connectivity index (χ1n) is 10.3. The summed E-state index contributed by atoms with van der Waals surface area (Å²) in [4.78, 5) is 20.2. The number of carbonyl (C=O) groups excluding carboxylic acids is 1. The summed E-state index contributed by atoms with van der Waals surface area (Å²) in [7, 11) is 0. The Bertz CT molecular complexity index is 1030. The zero-order valence-electron chi connectivity index (χ0n) is 16.4. The van der Waals surface area contributed by atoms with E-state index >= 15 is 0 Å². The van der Waals surface area contributed by atoms with E-state index in [0.29, 0.717) is 28.8 Å². The van der Waals surface area contributed by atoms with Crippen LogP contribution in [0.15, 0.2) is 34.9 Å². The molecule has 1 saturated carbocycles. The van der Waals surface area contributed by atoms with Crippen LogP contribution >= 0.6 is 0 Å². The molecule has 0 radical (unpaired) electrons. The zero-order valence-corrected chi connectivity index (χ0v) is 16.4. The summed E-state index contributed by atoms with van der Waals surface area (Å²) >= 11 is 0. The van der Waals surface area contributed by atoms with Crippen LogP contribution in [0.3, 0.4) is 0 Å². The fraction of sp³-hybridized carbons (Fsp3) is 0.435. The first-order chi connectivity index (χ1) is 13.6. The summed E-state index contributed by atoms with van der Waals surface area (Å²) in [5, 5.41) is 5.06. The highest BCUT2D eigenvalue weighted by molar-refractivity contribution is 6.09. The molecule has 0 spiro atoms. The molecule has 5 rings (SSSR count). The molecule has 5 nitrogen and oxygen atoms in total. The molecule has 2 aromatic heterocycles. The number of aryl methyl sites for hydroxylation is 1. The first-order valence-corrected chi connectivity index (χ1v) is 10.3. The standard InChI is InChI=1S/C23H25N3O2/c1-14-5-7-17(8-6-14)21-20-18(23(27)26-11-3-4-15(2)13-26)12-19(16-9-10-16)24-22(20)28-25-21/h5-8,12,15-16H,3-4,9-11,13H2,1-2H3.